The van der Waals surface area contributed by atoms with Crippen LogP contribution in [-0.4, -0.2) is 42.8 Å². The molecule has 1 aliphatic rings. The van der Waals surface area contributed by atoms with Crippen LogP contribution in [0.4, 0.5) is 5.69 Å². The third-order valence-corrected chi connectivity index (χ3v) is 5.28. The quantitative estimate of drug-likeness (QED) is 0.740. The number of anilines is 1. The van der Waals surface area contributed by atoms with Gasteiger partial charge in [-0.2, -0.15) is 0 Å². The van der Waals surface area contributed by atoms with E-state index in [1.54, 1.807) is 24.3 Å². The van der Waals surface area contributed by atoms with Crippen LogP contribution < -0.4 is 11.1 Å². The van der Waals surface area contributed by atoms with Crippen molar-refractivity contribution in [1.82, 2.24) is 4.90 Å². The molecule has 2 atom stereocenters. The van der Waals surface area contributed by atoms with E-state index in [9.17, 15) is 9.59 Å². The van der Waals surface area contributed by atoms with Gasteiger partial charge < -0.3 is 16.0 Å². The molecule has 1 fully saturated rings. The Balaban J connectivity index is 1.51. The molecular formula is C22H27N3O2. The van der Waals surface area contributed by atoms with Gasteiger partial charge in [0.25, 0.3) is 0 Å². The number of benzene rings is 2. The summed E-state index contributed by atoms with van der Waals surface area (Å²) in [6.07, 6.45) is 0.438. The van der Waals surface area contributed by atoms with Gasteiger partial charge in [-0.15, -0.1) is 0 Å². The smallest absolute Gasteiger partial charge is 0.225 e. The molecule has 27 heavy (non-hydrogen) atoms. The summed E-state index contributed by atoms with van der Waals surface area (Å²) in [6.45, 7) is 4.77. The van der Waals surface area contributed by atoms with Gasteiger partial charge in [0.05, 0.1) is 0 Å². The first kappa shape index (κ1) is 19.3. The maximum absolute atomic E-state index is 12.3. The van der Waals surface area contributed by atoms with Crippen LogP contribution >= 0.6 is 0 Å². The number of ketones is 1. The van der Waals surface area contributed by atoms with E-state index in [4.69, 9.17) is 5.73 Å². The molecule has 2 aromatic carbocycles. The fraction of sp³-hybridized carbons (Fsp3) is 0.364. The van der Waals surface area contributed by atoms with Crippen molar-refractivity contribution in [2.24, 2.45) is 11.7 Å². The number of carbonyl (C=O) groups is 2. The lowest BCUT2D eigenvalue weighted by molar-refractivity contribution is -0.116. The maximum Gasteiger partial charge on any atom is 0.225 e. The minimum Gasteiger partial charge on any atom is -0.330 e. The van der Waals surface area contributed by atoms with Gasteiger partial charge in [0.1, 0.15) is 0 Å². The van der Waals surface area contributed by atoms with Gasteiger partial charge in [-0.1, -0.05) is 30.3 Å². The Kier molecular flexibility index (Phi) is 6.37. The predicted molar refractivity (Wildman–Crippen MR) is 108 cm³/mol. The zero-order chi connectivity index (χ0) is 19.2. The van der Waals surface area contributed by atoms with Crippen LogP contribution in [0.5, 0.6) is 0 Å². The molecule has 0 aliphatic carbocycles. The zero-order valence-corrected chi connectivity index (χ0v) is 15.7. The fourth-order valence-electron chi connectivity index (χ4n) is 3.73. The summed E-state index contributed by atoms with van der Waals surface area (Å²) in [5.41, 5.74) is 8.67. The van der Waals surface area contributed by atoms with Crippen molar-refractivity contribution in [2.45, 2.75) is 19.3 Å². The molecule has 0 aromatic heterocycles. The van der Waals surface area contributed by atoms with E-state index in [0.717, 1.165) is 19.6 Å². The topological polar surface area (TPSA) is 75.4 Å². The van der Waals surface area contributed by atoms with E-state index in [1.165, 1.54) is 12.5 Å². The minimum atomic E-state index is -0.0157. The summed E-state index contributed by atoms with van der Waals surface area (Å²) in [7, 11) is 0. The summed E-state index contributed by atoms with van der Waals surface area (Å²) in [5, 5.41) is 2.90. The molecule has 0 unspecified atom stereocenters. The second kappa shape index (κ2) is 8.93. The van der Waals surface area contributed by atoms with Gasteiger partial charge in [0.15, 0.2) is 5.78 Å². The number of hydrogen-bond donors (Lipinski definition) is 2. The molecule has 1 aliphatic heterocycles. The van der Waals surface area contributed by atoms with Gasteiger partial charge in [-0.3, -0.25) is 9.59 Å². The van der Waals surface area contributed by atoms with E-state index in [0.29, 0.717) is 36.1 Å². The Labute approximate surface area is 160 Å². The van der Waals surface area contributed by atoms with Gasteiger partial charge >= 0.3 is 0 Å². The first-order valence-electron chi connectivity index (χ1n) is 9.45. The molecule has 1 amide bonds. The fourth-order valence-corrected chi connectivity index (χ4v) is 3.73. The molecule has 3 N–H and O–H groups in total. The normalized spacial score (nSPS) is 19.8. The van der Waals surface area contributed by atoms with Crippen LogP contribution in [0.2, 0.25) is 0 Å². The SMILES string of the molecule is CC(=O)c1ccc(NC(=O)CCN2C[C@@H](CN)[C@H](c3ccccc3)C2)cc1. The summed E-state index contributed by atoms with van der Waals surface area (Å²) in [6, 6.07) is 17.5. The van der Waals surface area contributed by atoms with Crippen LogP contribution in [0.15, 0.2) is 54.6 Å². The lowest BCUT2D eigenvalue weighted by Gasteiger charge is -2.16. The molecule has 0 saturated carbocycles. The number of hydrogen-bond acceptors (Lipinski definition) is 4. The Morgan fingerprint density at radius 2 is 1.78 bits per heavy atom. The van der Waals surface area contributed by atoms with E-state index >= 15 is 0 Å². The molecule has 142 valence electrons. The number of amides is 1. The Hall–Kier alpha value is -2.50. The highest BCUT2D eigenvalue weighted by Gasteiger charge is 2.32. The van der Waals surface area contributed by atoms with Crippen LogP contribution in [0.25, 0.3) is 0 Å². The molecule has 1 heterocycles. The predicted octanol–water partition coefficient (Wildman–Crippen LogP) is 2.89. The van der Waals surface area contributed by atoms with Gasteiger partial charge in [-0.05, 0) is 49.2 Å². The Morgan fingerprint density at radius 1 is 1.07 bits per heavy atom. The molecule has 0 bridgehead atoms. The summed E-state index contributed by atoms with van der Waals surface area (Å²) in [4.78, 5) is 25.9. The van der Waals surface area contributed by atoms with Crippen molar-refractivity contribution in [3.8, 4) is 0 Å². The highest BCUT2D eigenvalue weighted by Crippen LogP contribution is 2.31. The third-order valence-electron chi connectivity index (χ3n) is 5.28. The average molecular weight is 365 g/mol. The Bertz CT molecular complexity index is 774. The molecular weight excluding hydrogens is 338 g/mol. The van der Waals surface area contributed by atoms with Crippen molar-refractivity contribution in [3.63, 3.8) is 0 Å². The first-order valence-corrected chi connectivity index (χ1v) is 9.45. The lowest BCUT2D eigenvalue weighted by atomic mass is 9.89. The monoisotopic (exact) mass is 365 g/mol. The maximum atomic E-state index is 12.3. The number of Topliss-reactive ketones (excluding diaryl/α,β-unsaturated/α-hetero) is 1. The van der Waals surface area contributed by atoms with Crippen LogP contribution in [0, 0.1) is 5.92 Å². The summed E-state index contributed by atoms with van der Waals surface area (Å²) in [5.74, 6) is 0.857. The first-order chi connectivity index (χ1) is 13.1. The van der Waals surface area contributed by atoms with Crippen molar-refractivity contribution in [1.29, 1.82) is 0 Å². The molecule has 0 spiro atoms. The number of nitrogens with one attached hydrogen (secondary N) is 1. The van der Waals surface area contributed by atoms with E-state index < -0.39 is 0 Å². The van der Waals surface area contributed by atoms with Crippen molar-refractivity contribution in [3.05, 3.63) is 65.7 Å². The van der Waals surface area contributed by atoms with Crippen LogP contribution in [0.3, 0.4) is 0 Å². The summed E-state index contributed by atoms with van der Waals surface area (Å²) < 4.78 is 0. The number of nitrogens with zero attached hydrogens (tertiary/aromatic N) is 1. The van der Waals surface area contributed by atoms with Crippen molar-refractivity contribution in [2.75, 3.05) is 31.5 Å². The van der Waals surface area contributed by atoms with Crippen molar-refractivity contribution >= 4 is 17.4 Å². The van der Waals surface area contributed by atoms with Gasteiger partial charge in [0, 0.05) is 43.2 Å². The highest BCUT2D eigenvalue weighted by atomic mass is 16.1. The number of nitrogens with two attached hydrogens (primary N) is 1. The minimum absolute atomic E-state index is 0.0157. The standard InChI is InChI=1S/C22H27N3O2/c1-16(26)17-7-9-20(10-8-17)24-22(27)11-12-25-14-19(13-23)21(15-25)18-5-3-2-4-6-18/h2-10,19,21H,11-15,23H2,1H3,(H,24,27)/t19-,21+/m1/s1. The number of likely N-dealkylation sites (tertiary alicyclic amines) is 1. The summed E-state index contributed by atoms with van der Waals surface area (Å²) >= 11 is 0. The lowest BCUT2D eigenvalue weighted by Crippen LogP contribution is -2.27. The van der Waals surface area contributed by atoms with Gasteiger partial charge in [0.2, 0.25) is 5.91 Å². The average Bonchev–Trinajstić information content (AvgIpc) is 3.11. The van der Waals surface area contributed by atoms with Crippen molar-refractivity contribution < 1.29 is 9.59 Å². The molecule has 1 saturated heterocycles. The molecule has 5 nitrogen and oxygen atoms in total. The van der Waals surface area contributed by atoms with E-state index in [-0.39, 0.29) is 11.7 Å². The molecule has 3 rings (SSSR count). The second-order valence-electron chi connectivity index (χ2n) is 7.20. The highest BCUT2D eigenvalue weighted by molar-refractivity contribution is 5.95. The third kappa shape index (κ3) is 5.02. The number of rotatable bonds is 7. The molecule has 5 heteroatoms. The number of carbonyl (C=O) groups excluding carboxylic acids is 2. The molecule has 0 radical (unpaired) electrons. The largest absolute Gasteiger partial charge is 0.330 e. The van der Waals surface area contributed by atoms with Crippen LogP contribution in [0.1, 0.15) is 35.2 Å². The van der Waals surface area contributed by atoms with E-state index in [2.05, 4.69) is 34.5 Å². The van der Waals surface area contributed by atoms with E-state index in [1.807, 2.05) is 6.07 Å². The zero-order valence-electron chi connectivity index (χ0n) is 15.7. The van der Waals surface area contributed by atoms with Gasteiger partial charge in [-0.25, -0.2) is 0 Å². The molecule has 2 aromatic rings. The van der Waals surface area contributed by atoms with Crippen LogP contribution in [-0.2, 0) is 4.79 Å². The Morgan fingerprint density at radius 3 is 2.41 bits per heavy atom. The second-order valence-corrected chi connectivity index (χ2v) is 7.20.